The molecule has 0 saturated carbocycles. The van der Waals surface area contributed by atoms with Crippen LogP contribution in [0.2, 0.25) is 10.0 Å². The van der Waals surface area contributed by atoms with Crippen molar-refractivity contribution in [1.82, 2.24) is 30.0 Å². The summed E-state index contributed by atoms with van der Waals surface area (Å²) in [6.07, 6.45) is 2.40. The number of carboxylic acids is 1. The lowest BCUT2D eigenvalue weighted by molar-refractivity contribution is -0.0443. The van der Waals surface area contributed by atoms with E-state index >= 15 is 0 Å². The number of carbonyl (C=O) groups excluding carboxylic acids is 1. The van der Waals surface area contributed by atoms with Crippen molar-refractivity contribution in [2.45, 2.75) is 52.5 Å². The second-order valence-electron chi connectivity index (χ2n) is 13.9. The van der Waals surface area contributed by atoms with Gasteiger partial charge in [0.05, 0.1) is 72.4 Å². The van der Waals surface area contributed by atoms with E-state index in [9.17, 15) is 9.59 Å². The minimum Gasteiger partial charge on any atom is -0.489 e. The molecule has 0 radical (unpaired) electrons. The topological polar surface area (TPSA) is 209 Å². The van der Waals surface area contributed by atoms with Crippen molar-refractivity contribution in [2.24, 2.45) is 0 Å². The fraction of sp³-hybridized carbons (Fsp3) is 0.286. The summed E-state index contributed by atoms with van der Waals surface area (Å²) in [6, 6.07) is 25.1. The van der Waals surface area contributed by atoms with Gasteiger partial charge in [-0.25, -0.2) is 14.2 Å². The van der Waals surface area contributed by atoms with Crippen molar-refractivity contribution in [2.75, 3.05) is 37.5 Å². The van der Waals surface area contributed by atoms with Gasteiger partial charge in [-0.05, 0) is 88.4 Å². The normalized spacial score (nSPS) is 14.0. The lowest BCUT2D eigenvalue weighted by Gasteiger charge is -2.12. The van der Waals surface area contributed by atoms with Crippen LogP contribution in [-0.4, -0.2) is 85.6 Å². The Kier molecular flexibility index (Phi) is 15.3. The van der Waals surface area contributed by atoms with E-state index in [4.69, 9.17) is 62.5 Å². The van der Waals surface area contributed by atoms with Crippen molar-refractivity contribution < 1.29 is 43.1 Å². The van der Waals surface area contributed by atoms with Crippen molar-refractivity contribution in [3.05, 3.63) is 130 Å². The number of nitrogens with zero attached hydrogens (tertiary/aromatic N) is 6. The van der Waals surface area contributed by atoms with Crippen LogP contribution in [0, 0.1) is 0 Å². The molecule has 320 valence electrons. The standard InChI is InChI=1S/C21H21ClN4O4.C12H11N3O4.C9H12ClNO/c1-13(2)30-19-8-5-15(11-17(19)22)23-20(27)18-12-26(25-24-18)16-6-3-14(4-7-16)21-28-9-10-29-21;16-11(17)10-7-15(14-13-10)9-3-1-8(2-4-9)12-18-5-6-19-12;1-6(2)12-9-4-3-7(11)5-8(9)10/h3-8,11-13,21H,9-10H2,1-2H3,(H,23,27);1-4,7,12H,5-6H2,(H,16,17);3-6H,11H2,1-2H3. The molecule has 2 saturated heterocycles. The first-order valence-corrected chi connectivity index (χ1v) is 19.8. The minimum atomic E-state index is -1.10. The largest absolute Gasteiger partial charge is 0.489 e. The zero-order valence-electron chi connectivity index (χ0n) is 33.6. The average molecular weight is 876 g/mol. The second kappa shape index (κ2) is 20.9. The maximum Gasteiger partial charge on any atom is 0.358 e. The van der Waals surface area contributed by atoms with Crippen LogP contribution in [0.4, 0.5) is 11.4 Å². The van der Waals surface area contributed by atoms with E-state index in [0.29, 0.717) is 59.3 Å². The monoisotopic (exact) mass is 874 g/mol. The number of nitrogens with two attached hydrogens (primary N) is 1. The van der Waals surface area contributed by atoms with Crippen LogP contribution in [0.15, 0.2) is 97.3 Å². The van der Waals surface area contributed by atoms with Gasteiger partial charge in [0, 0.05) is 22.5 Å². The Hall–Kier alpha value is -6.08. The van der Waals surface area contributed by atoms with Crippen LogP contribution in [-0.2, 0) is 18.9 Å². The molecule has 4 heterocycles. The summed E-state index contributed by atoms with van der Waals surface area (Å²) in [5.41, 5.74) is 10.1. The predicted molar refractivity (Wildman–Crippen MR) is 226 cm³/mol. The molecule has 19 heteroatoms. The van der Waals surface area contributed by atoms with Crippen LogP contribution in [0.1, 0.15) is 72.4 Å². The zero-order chi connectivity index (χ0) is 43.5. The Morgan fingerprint density at radius 3 is 1.56 bits per heavy atom. The van der Waals surface area contributed by atoms with E-state index < -0.39 is 5.97 Å². The number of nitrogens with one attached hydrogen (secondary N) is 1. The van der Waals surface area contributed by atoms with Crippen molar-refractivity contribution in [3.63, 3.8) is 0 Å². The molecular formula is C42H44Cl2N8O9. The first-order valence-electron chi connectivity index (χ1n) is 19.1. The summed E-state index contributed by atoms with van der Waals surface area (Å²) in [7, 11) is 0. The van der Waals surface area contributed by atoms with Gasteiger partial charge in [0.25, 0.3) is 5.91 Å². The van der Waals surface area contributed by atoms with Crippen molar-refractivity contribution in [3.8, 4) is 22.9 Å². The van der Waals surface area contributed by atoms with Gasteiger partial charge in [0.1, 0.15) is 11.5 Å². The number of carboxylic acid groups (broad SMARTS) is 1. The van der Waals surface area contributed by atoms with Crippen LogP contribution >= 0.6 is 23.2 Å². The van der Waals surface area contributed by atoms with Gasteiger partial charge in [0.2, 0.25) is 0 Å². The number of aromatic carboxylic acids is 1. The Labute approximate surface area is 361 Å². The third-order valence-corrected chi connectivity index (χ3v) is 9.00. The molecule has 6 aromatic rings. The summed E-state index contributed by atoms with van der Waals surface area (Å²) in [5, 5.41) is 27.8. The van der Waals surface area contributed by atoms with E-state index in [1.54, 1.807) is 54.7 Å². The number of carbonyl (C=O) groups is 2. The average Bonchev–Trinajstić information content (AvgIpc) is 4.09. The van der Waals surface area contributed by atoms with Crippen molar-refractivity contribution in [1.29, 1.82) is 0 Å². The van der Waals surface area contributed by atoms with Gasteiger partial charge in [0.15, 0.2) is 24.0 Å². The number of anilines is 2. The maximum atomic E-state index is 12.5. The van der Waals surface area contributed by atoms with E-state index in [-0.39, 0.29) is 42.1 Å². The van der Waals surface area contributed by atoms with E-state index in [1.807, 2.05) is 64.1 Å². The third-order valence-electron chi connectivity index (χ3n) is 8.41. The Bertz CT molecular complexity index is 2380. The zero-order valence-corrected chi connectivity index (χ0v) is 35.1. The molecule has 1 amide bonds. The number of aromatic nitrogens is 6. The number of hydrogen-bond donors (Lipinski definition) is 3. The highest BCUT2D eigenvalue weighted by molar-refractivity contribution is 6.32. The Morgan fingerprint density at radius 1 is 0.689 bits per heavy atom. The molecule has 17 nitrogen and oxygen atoms in total. The first kappa shape index (κ1) is 44.5. The van der Waals surface area contributed by atoms with Gasteiger partial charge < -0.3 is 44.6 Å². The predicted octanol–water partition coefficient (Wildman–Crippen LogP) is 7.73. The summed E-state index contributed by atoms with van der Waals surface area (Å²) in [6.45, 7) is 10.1. The number of amides is 1. The fourth-order valence-electron chi connectivity index (χ4n) is 5.64. The summed E-state index contributed by atoms with van der Waals surface area (Å²) in [5.74, 6) is -0.247. The molecule has 0 spiro atoms. The molecule has 2 aromatic heterocycles. The lowest BCUT2D eigenvalue weighted by Crippen LogP contribution is -2.12. The molecule has 0 atom stereocenters. The van der Waals surface area contributed by atoms with E-state index in [1.165, 1.54) is 15.6 Å². The maximum absolute atomic E-state index is 12.5. The lowest BCUT2D eigenvalue weighted by atomic mass is 10.2. The number of nitrogen functional groups attached to an aromatic ring is 1. The molecule has 8 rings (SSSR count). The summed E-state index contributed by atoms with van der Waals surface area (Å²) >= 11 is 12.1. The van der Waals surface area contributed by atoms with Gasteiger partial charge in [-0.2, -0.15) is 0 Å². The second-order valence-corrected chi connectivity index (χ2v) is 14.7. The highest BCUT2D eigenvalue weighted by atomic mass is 35.5. The van der Waals surface area contributed by atoms with Gasteiger partial charge >= 0.3 is 5.97 Å². The van der Waals surface area contributed by atoms with Gasteiger partial charge in [-0.1, -0.05) is 57.9 Å². The molecule has 0 aliphatic carbocycles. The molecule has 4 aromatic carbocycles. The number of halogens is 2. The number of benzene rings is 4. The van der Waals surface area contributed by atoms with E-state index in [0.717, 1.165) is 22.5 Å². The number of hydrogen-bond acceptors (Lipinski definition) is 13. The van der Waals surface area contributed by atoms with Crippen LogP contribution < -0.4 is 20.5 Å². The Morgan fingerprint density at radius 2 is 1.13 bits per heavy atom. The molecule has 4 N–H and O–H groups in total. The third kappa shape index (κ3) is 12.5. The van der Waals surface area contributed by atoms with Crippen LogP contribution in [0.5, 0.6) is 11.5 Å². The highest BCUT2D eigenvalue weighted by Gasteiger charge is 2.20. The van der Waals surface area contributed by atoms with Crippen LogP contribution in [0.25, 0.3) is 11.4 Å². The van der Waals surface area contributed by atoms with E-state index in [2.05, 4.69) is 25.9 Å². The molecule has 2 aliphatic rings. The highest BCUT2D eigenvalue weighted by Crippen LogP contribution is 2.30. The SMILES string of the molecule is CC(C)Oc1ccc(N)cc1Cl.CC(C)Oc1ccc(NC(=O)c2cn(-c3ccc(C4OCCO4)cc3)nn2)cc1Cl.O=C(O)c1cn(-c2ccc(C3OCCO3)cc2)nn1. The number of rotatable bonds is 11. The molecular weight excluding hydrogens is 831 g/mol. The summed E-state index contributed by atoms with van der Waals surface area (Å²) in [4.78, 5) is 23.3. The molecule has 61 heavy (non-hydrogen) atoms. The van der Waals surface area contributed by atoms with Gasteiger partial charge in [-0.15, -0.1) is 10.2 Å². The molecule has 0 unspecified atom stereocenters. The number of ether oxygens (including phenoxy) is 6. The molecule has 2 aliphatic heterocycles. The van der Waals surface area contributed by atoms with Crippen molar-refractivity contribution >= 4 is 46.5 Å². The first-order chi connectivity index (χ1) is 29.3. The quantitative estimate of drug-likeness (QED) is 0.107. The minimum absolute atomic E-state index is 0.00487. The van der Waals surface area contributed by atoms with Crippen LogP contribution in [0.3, 0.4) is 0 Å². The Balaban J connectivity index is 0.000000171. The molecule has 2 fully saturated rings. The van der Waals surface area contributed by atoms with Gasteiger partial charge in [-0.3, -0.25) is 4.79 Å². The fourth-order valence-corrected chi connectivity index (χ4v) is 6.10. The summed E-state index contributed by atoms with van der Waals surface area (Å²) < 4.78 is 35.7. The molecule has 0 bridgehead atoms. The smallest absolute Gasteiger partial charge is 0.358 e.